The SMILES string of the molecule is Cc1cc2c(c(C)c1-c1cccc(COC3CCCCO3)c1)C(NCCCS(C)(=O)=O)CO2. The monoisotopic (exact) mass is 473 g/mol. The lowest BCUT2D eigenvalue weighted by Gasteiger charge is -2.23. The third-order valence-corrected chi connectivity index (χ3v) is 7.44. The third kappa shape index (κ3) is 6.15. The van der Waals surface area contributed by atoms with Crippen LogP contribution in [0.25, 0.3) is 11.1 Å². The zero-order valence-electron chi connectivity index (χ0n) is 19.9. The van der Waals surface area contributed by atoms with Crippen LogP contribution in [0.1, 0.15) is 54.0 Å². The molecule has 0 aromatic heterocycles. The van der Waals surface area contributed by atoms with Gasteiger partial charge in [0, 0.05) is 18.4 Å². The van der Waals surface area contributed by atoms with Crippen LogP contribution < -0.4 is 10.1 Å². The van der Waals surface area contributed by atoms with Gasteiger partial charge >= 0.3 is 0 Å². The molecule has 4 rings (SSSR count). The largest absolute Gasteiger partial charge is 0.491 e. The van der Waals surface area contributed by atoms with Crippen molar-refractivity contribution in [3.05, 3.63) is 52.6 Å². The van der Waals surface area contributed by atoms with E-state index >= 15 is 0 Å². The Kier molecular flexibility index (Phi) is 7.74. The number of fused-ring (bicyclic) bond motifs is 1. The molecule has 7 heteroatoms. The second-order valence-corrected chi connectivity index (χ2v) is 11.5. The van der Waals surface area contributed by atoms with Crippen LogP contribution in [-0.2, 0) is 25.9 Å². The summed E-state index contributed by atoms with van der Waals surface area (Å²) < 4.78 is 40.5. The van der Waals surface area contributed by atoms with Gasteiger partial charge in [-0.15, -0.1) is 0 Å². The lowest BCUT2D eigenvalue weighted by atomic mass is 9.89. The number of hydrogen-bond acceptors (Lipinski definition) is 6. The van der Waals surface area contributed by atoms with E-state index in [-0.39, 0.29) is 18.1 Å². The molecular weight excluding hydrogens is 438 g/mol. The topological polar surface area (TPSA) is 73.9 Å². The van der Waals surface area contributed by atoms with Crippen molar-refractivity contribution in [1.29, 1.82) is 0 Å². The highest BCUT2D eigenvalue weighted by atomic mass is 32.2. The molecule has 2 aromatic rings. The first kappa shape index (κ1) is 24.2. The summed E-state index contributed by atoms with van der Waals surface area (Å²) in [5, 5.41) is 3.49. The molecule has 0 bridgehead atoms. The van der Waals surface area contributed by atoms with Gasteiger partial charge in [-0.3, -0.25) is 0 Å². The highest BCUT2D eigenvalue weighted by Crippen LogP contribution is 2.42. The van der Waals surface area contributed by atoms with Crippen molar-refractivity contribution < 1.29 is 22.6 Å². The first-order valence-corrected chi connectivity index (χ1v) is 13.9. The molecule has 0 amide bonds. The highest BCUT2D eigenvalue weighted by molar-refractivity contribution is 7.90. The van der Waals surface area contributed by atoms with Gasteiger partial charge in [0.25, 0.3) is 0 Å². The Morgan fingerprint density at radius 2 is 2.03 bits per heavy atom. The van der Waals surface area contributed by atoms with Gasteiger partial charge in [0.1, 0.15) is 22.2 Å². The van der Waals surface area contributed by atoms with E-state index in [1.165, 1.54) is 34.1 Å². The first-order chi connectivity index (χ1) is 15.8. The van der Waals surface area contributed by atoms with Gasteiger partial charge in [0.2, 0.25) is 0 Å². The average molecular weight is 474 g/mol. The van der Waals surface area contributed by atoms with Crippen LogP contribution in [0.2, 0.25) is 0 Å². The van der Waals surface area contributed by atoms with Crippen molar-refractivity contribution in [1.82, 2.24) is 5.32 Å². The maximum absolute atomic E-state index is 11.4. The fourth-order valence-electron chi connectivity index (χ4n) is 4.83. The summed E-state index contributed by atoms with van der Waals surface area (Å²) in [6.07, 6.45) is 5.00. The van der Waals surface area contributed by atoms with E-state index in [1.807, 2.05) is 0 Å². The molecule has 0 saturated carbocycles. The number of benzene rings is 2. The maximum atomic E-state index is 11.4. The van der Waals surface area contributed by atoms with Crippen molar-refractivity contribution in [2.24, 2.45) is 0 Å². The third-order valence-electron chi connectivity index (χ3n) is 6.41. The predicted molar refractivity (Wildman–Crippen MR) is 130 cm³/mol. The van der Waals surface area contributed by atoms with Crippen LogP contribution in [0.5, 0.6) is 5.75 Å². The molecule has 1 N–H and O–H groups in total. The molecular formula is C26H35NO5S. The Labute approximate surface area is 197 Å². The molecule has 6 nitrogen and oxygen atoms in total. The van der Waals surface area contributed by atoms with E-state index in [2.05, 4.69) is 49.5 Å². The van der Waals surface area contributed by atoms with Crippen LogP contribution in [0.3, 0.4) is 0 Å². The molecule has 2 unspecified atom stereocenters. The van der Waals surface area contributed by atoms with Crippen LogP contribution >= 0.6 is 0 Å². The number of ether oxygens (including phenoxy) is 3. The molecule has 2 aromatic carbocycles. The predicted octanol–water partition coefficient (Wildman–Crippen LogP) is 4.47. The molecule has 2 atom stereocenters. The summed E-state index contributed by atoms with van der Waals surface area (Å²) in [6, 6.07) is 10.7. The maximum Gasteiger partial charge on any atom is 0.158 e. The number of nitrogens with one attached hydrogen (secondary N) is 1. The summed E-state index contributed by atoms with van der Waals surface area (Å²) in [5.74, 6) is 1.11. The summed E-state index contributed by atoms with van der Waals surface area (Å²) in [4.78, 5) is 0. The standard InChI is InChI=1S/C26H35NO5S/c1-18-14-23-26(22(17-31-23)27-11-7-13-33(3,28)29)19(2)25(18)21-9-6-8-20(15-21)16-32-24-10-4-5-12-30-24/h6,8-9,14-15,22,24,27H,4-5,7,10-13,16-17H2,1-3H3. The molecule has 0 aliphatic carbocycles. The summed E-state index contributed by atoms with van der Waals surface area (Å²) in [7, 11) is -2.94. The Morgan fingerprint density at radius 1 is 1.18 bits per heavy atom. The number of hydrogen-bond donors (Lipinski definition) is 1. The van der Waals surface area contributed by atoms with E-state index < -0.39 is 9.84 Å². The lowest BCUT2D eigenvalue weighted by Crippen LogP contribution is -2.25. The zero-order valence-corrected chi connectivity index (χ0v) is 20.7. The smallest absolute Gasteiger partial charge is 0.158 e. The first-order valence-electron chi connectivity index (χ1n) is 11.8. The molecule has 0 spiro atoms. The Bertz CT molecular complexity index is 1080. The number of rotatable bonds is 9. The highest BCUT2D eigenvalue weighted by Gasteiger charge is 2.28. The molecule has 2 aliphatic heterocycles. The normalized spacial score (nSPS) is 20.5. The van der Waals surface area contributed by atoms with E-state index in [9.17, 15) is 8.42 Å². The average Bonchev–Trinajstić information content (AvgIpc) is 3.18. The van der Waals surface area contributed by atoms with Crippen LogP contribution in [0.4, 0.5) is 0 Å². The van der Waals surface area contributed by atoms with E-state index in [0.717, 1.165) is 37.2 Å². The van der Waals surface area contributed by atoms with Crippen LogP contribution in [-0.4, -0.2) is 46.5 Å². The van der Waals surface area contributed by atoms with E-state index in [1.54, 1.807) is 0 Å². The summed E-state index contributed by atoms with van der Waals surface area (Å²) >= 11 is 0. The van der Waals surface area contributed by atoms with Crippen molar-refractivity contribution in [2.45, 2.75) is 58.5 Å². The Morgan fingerprint density at radius 3 is 2.79 bits per heavy atom. The minimum Gasteiger partial charge on any atom is -0.491 e. The molecule has 0 radical (unpaired) electrons. The second-order valence-electron chi connectivity index (χ2n) is 9.21. The Hall–Kier alpha value is -1.93. The van der Waals surface area contributed by atoms with Crippen LogP contribution in [0, 0.1) is 13.8 Å². The van der Waals surface area contributed by atoms with E-state index in [4.69, 9.17) is 14.2 Å². The summed E-state index contributed by atoms with van der Waals surface area (Å²) in [6.45, 7) is 6.79. The van der Waals surface area contributed by atoms with Crippen LogP contribution in [0.15, 0.2) is 30.3 Å². The quantitative estimate of drug-likeness (QED) is 0.542. The van der Waals surface area contributed by atoms with Gasteiger partial charge in [0.05, 0.1) is 18.4 Å². The fraction of sp³-hybridized carbons (Fsp3) is 0.538. The van der Waals surface area contributed by atoms with Gasteiger partial charge in [-0.05, 0) is 86.0 Å². The fourth-order valence-corrected chi connectivity index (χ4v) is 5.50. The van der Waals surface area contributed by atoms with Crippen molar-refractivity contribution in [3.8, 4) is 16.9 Å². The molecule has 33 heavy (non-hydrogen) atoms. The zero-order chi connectivity index (χ0) is 23.4. The molecule has 180 valence electrons. The molecule has 2 heterocycles. The van der Waals surface area contributed by atoms with Crippen molar-refractivity contribution in [2.75, 3.05) is 31.8 Å². The summed E-state index contributed by atoms with van der Waals surface area (Å²) in [5.41, 5.74) is 7.08. The molecule has 1 fully saturated rings. The van der Waals surface area contributed by atoms with Gasteiger partial charge in [0.15, 0.2) is 6.29 Å². The number of aryl methyl sites for hydroxylation is 1. The minimum absolute atomic E-state index is 0.0638. The second kappa shape index (κ2) is 10.6. The molecule has 1 saturated heterocycles. The van der Waals surface area contributed by atoms with Gasteiger partial charge in [-0.25, -0.2) is 8.42 Å². The van der Waals surface area contributed by atoms with Gasteiger partial charge in [-0.1, -0.05) is 18.2 Å². The van der Waals surface area contributed by atoms with Gasteiger partial charge < -0.3 is 19.5 Å². The van der Waals surface area contributed by atoms with Crippen molar-refractivity contribution in [3.63, 3.8) is 0 Å². The Balaban J connectivity index is 1.50. The minimum atomic E-state index is -2.94. The van der Waals surface area contributed by atoms with Gasteiger partial charge in [-0.2, -0.15) is 0 Å². The van der Waals surface area contributed by atoms with E-state index in [0.29, 0.717) is 26.2 Å². The van der Waals surface area contributed by atoms with Crippen molar-refractivity contribution >= 4 is 9.84 Å². The number of sulfone groups is 1. The lowest BCUT2D eigenvalue weighted by molar-refractivity contribution is -0.168. The molecule has 2 aliphatic rings.